The second-order valence-corrected chi connectivity index (χ2v) is 6.39. The minimum atomic E-state index is 0. The number of hydrogen-bond donors (Lipinski definition) is 2. The van der Waals surface area contributed by atoms with Crippen LogP contribution >= 0.6 is 36.6 Å². The van der Waals surface area contributed by atoms with Crippen LogP contribution in [0.25, 0.3) is 0 Å². The SMILES string of the molecule is CN(C)C1(CNC(=O)C2CCCN2)CCSC1.Cl.Cl. The maximum Gasteiger partial charge on any atom is 0.237 e. The molecule has 2 aliphatic rings. The van der Waals surface area contributed by atoms with Crippen molar-refractivity contribution in [2.45, 2.75) is 30.8 Å². The number of thioether (sulfide) groups is 1. The number of hydrogen-bond acceptors (Lipinski definition) is 4. The van der Waals surface area contributed by atoms with Crippen molar-refractivity contribution in [2.75, 3.05) is 38.7 Å². The Kier molecular flexibility index (Phi) is 8.72. The minimum Gasteiger partial charge on any atom is -0.353 e. The zero-order valence-electron chi connectivity index (χ0n) is 11.6. The molecule has 4 nitrogen and oxygen atoms in total. The fourth-order valence-corrected chi connectivity index (χ4v) is 4.08. The second kappa shape index (κ2) is 8.57. The van der Waals surface area contributed by atoms with Gasteiger partial charge in [-0.25, -0.2) is 0 Å². The van der Waals surface area contributed by atoms with Crippen LogP contribution in [-0.2, 0) is 4.79 Å². The van der Waals surface area contributed by atoms with Crippen LogP contribution < -0.4 is 10.6 Å². The molecule has 7 heteroatoms. The van der Waals surface area contributed by atoms with Gasteiger partial charge in [-0.2, -0.15) is 11.8 Å². The number of halogens is 2. The molecular weight excluding hydrogens is 305 g/mol. The lowest BCUT2D eigenvalue weighted by Crippen LogP contribution is -2.55. The lowest BCUT2D eigenvalue weighted by Gasteiger charge is -2.36. The van der Waals surface area contributed by atoms with E-state index in [1.165, 1.54) is 12.2 Å². The molecule has 2 heterocycles. The summed E-state index contributed by atoms with van der Waals surface area (Å²) in [6.45, 7) is 1.76. The molecule has 2 rings (SSSR count). The number of carbonyl (C=O) groups excluding carboxylic acids is 1. The molecule has 0 saturated carbocycles. The average molecular weight is 330 g/mol. The molecule has 2 saturated heterocycles. The number of carbonyl (C=O) groups is 1. The van der Waals surface area contributed by atoms with Gasteiger partial charge in [-0.3, -0.25) is 4.79 Å². The first-order valence-electron chi connectivity index (χ1n) is 6.40. The van der Waals surface area contributed by atoms with Crippen LogP contribution in [0.4, 0.5) is 0 Å². The minimum absolute atomic E-state index is 0. The summed E-state index contributed by atoms with van der Waals surface area (Å²) in [6, 6.07) is 0.0447. The molecule has 2 aliphatic heterocycles. The quantitative estimate of drug-likeness (QED) is 0.811. The number of nitrogens with one attached hydrogen (secondary N) is 2. The maximum atomic E-state index is 12.0. The molecule has 0 aromatic heterocycles. The van der Waals surface area contributed by atoms with Gasteiger partial charge in [-0.15, -0.1) is 24.8 Å². The molecule has 2 N–H and O–H groups in total. The standard InChI is InChI=1S/C12H23N3OS.2ClH/c1-15(2)12(5-7-17-9-12)8-14-11(16)10-4-3-6-13-10;;/h10,13H,3-9H2,1-2H3,(H,14,16);2*1H. The van der Waals surface area contributed by atoms with Crippen molar-refractivity contribution in [3.63, 3.8) is 0 Å². The molecule has 0 bridgehead atoms. The van der Waals surface area contributed by atoms with Gasteiger partial charge in [0.05, 0.1) is 6.04 Å². The number of nitrogens with zero attached hydrogens (tertiary/aromatic N) is 1. The van der Waals surface area contributed by atoms with Crippen molar-refractivity contribution < 1.29 is 4.79 Å². The molecule has 0 aromatic rings. The molecule has 2 unspecified atom stereocenters. The molecular formula is C12H25Cl2N3OS. The van der Waals surface area contributed by atoms with Gasteiger partial charge in [0.1, 0.15) is 0 Å². The summed E-state index contributed by atoms with van der Waals surface area (Å²) in [5, 5.41) is 6.37. The molecule has 0 aliphatic carbocycles. The van der Waals surface area contributed by atoms with E-state index in [4.69, 9.17) is 0 Å². The molecule has 0 aromatic carbocycles. The van der Waals surface area contributed by atoms with Gasteiger partial charge in [-0.1, -0.05) is 0 Å². The van der Waals surface area contributed by atoms with Crippen LogP contribution in [0.1, 0.15) is 19.3 Å². The summed E-state index contributed by atoms with van der Waals surface area (Å²) in [4.78, 5) is 14.2. The van der Waals surface area contributed by atoms with E-state index in [1.54, 1.807) is 0 Å². The molecule has 0 spiro atoms. The second-order valence-electron chi connectivity index (χ2n) is 5.29. The highest BCUT2D eigenvalue weighted by Crippen LogP contribution is 2.31. The Hall–Kier alpha value is 0.320. The van der Waals surface area contributed by atoms with Crippen LogP contribution in [0.15, 0.2) is 0 Å². The largest absolute Gasteiger partial charge is 0.353 e. The predicted molar refractivity (Wildman–Crippen MR) is 86.9 cm³/mol. The topological polar surface area (TPSA) is 44.4 Å². The van der Waals surface area contributed by atoms with Crippen LogP contribution in [0.2, 0.25) is 0 Å². The molecule has 19 heavy (non-hydrogen) atoms. The zero-order chi connectivity index (χ0) is 12.3. The number of amides is 1. The smallest absolute Gasteiger partial charge is 0.237 e. The highest BCUT2D eigenvalue weighted by atomic mass is 35.5. The summed E-state index contributed by atoms with van der Waals surface area (Å²) < 4.78 is 0. The van der Waals surface area contributed by atoms with Crippen LogP contribution in [0, 0.1) is 0 Å². The lowest BCUT2D eigenvalue weighted by molar-refractivity contribution is -0.123. The van der Waals surface area contributed by atoms with Gasteiger partial charge in [0.15, 0.2) is 0 Å². The van der Waals surface area contributed by atoms with Gasteiger partial charge in [0.2, 0.25) is 5.91 Å². The molecule has 0 radical (unpaired) electrons. The molecule has 2 atom stereocenters. The molecule has 2 fully saturated rings. The Morgan fingerprint density at radius 1 is 1.47 bits per heavy atom. The van der Waals surface area contributed by atoms with Crippen molar-refractivity contribution in [1.29, 1.82) is 0 Å². The Bertz CT molecular complexity index is 280. The summed E-state index contributed by atoms with van der Waals surface area (Å²) in [5.74, 6) is 2.51. The summed E-state index contributed by atoms with van der Waals surface area (Å²) >= 11 is 1.98. The highest BCUT2D eigenvalue weighted by molar-refractivity contribution is 7.99. The molecule has 114 valence electrons. The van der Waals surface area contributed by atoms with Gasteiger partial charge >= 0.3 is 0 Å². The van der Waals surface area contributed by atoms with Crippen molar-refractivity contribution in [1.82, 2.24) is 15.5 Å². The predicted octanol–water partition coefficient (Wildman–Crippen LogP) is 1.14. The summed E-state index contributed by atoms with van der Waals surface area (Å²) in [6.07, 6.45) is 3.27. The Morgan fingerprint density at radius 3 is 2.68 bits per heavy atom. The van der Waals surface area contributed by atoms with Crippen molar-refractivity contribution in [2.24, 2.45) is 0 Å². The first kappa shape index (κ1) is 19.3. The number of rotatable bonds is 4. The lowest BCUT2D eigenvalue weighted by atomic mass is 9.97. The maximum absolute atomic E-state index is 12.0. The monoisotopic (exact) mass is 329 g/mol. The third-order valence-electron chi connectivity index (χ3n) is 4.00. The third-order valence-corrected chi connectivity index (χ3v) is 5.23. The zero-order valence-corrected chi connectivity index (χ0v) is 14.1. The fourth-order valence-electron chi connectivity index (χ4n) is 2.53. The van der Waals surface area contributed by atoms with Crippen molar-refractivity contribution in [3.05, 3.63) is 0 Å². The van der Waals surface area contributed by atoms with Gasteiger partial charge < -0.3 is 15.5 Å². The van der Waals surface area contributed by atoms with E-state index < -0.39 is 0 Å². The Balaban J connectivity index is 0.00000162. The summed E-state index contributed by atoms with van der Waals surface area (Å²) in [7, 11) is 4.23. The third kappa shape index (κ3) is 4.67. The van der Waals surface area contributed by atoms with E-state index in [9.17, 15) is 4.79 Å². The van der Waals surface area contributed by atoms with Crippen molar-refractivity contribution in [3.8, 4) is 0 Å². The first-order chi connectivity index (χ1) is 8.14. The van der Waals surface area contributed by atoms with Crippen molar-refractivity contribution >= 4 is 42.5 Å². The van der Waals surface area contributed by atoms with E-state index in [-0.39, 0.29) is 42.3 Å². The molecule has 1 amide bonds. The Morgan fingerprint density at radius 2 is 2.21 bits per heavy atom. The van der Waals surface area contributed by atoms with Crippen LogP contribution in [-0.4, -0.2) is 61.1 Å². The van der Waals surface area contributed by atoms with E-state index in [2.05, 4.69) is 29.6 Å². The van der Waals surface area contributed by atoms with Gasteiger partial charge in [0.25, 0.3) is 0 Å². The van der Waals surface area contributed by atoms with Gasteiger partial charge in [-0.05, 0) is 45.7 Å². The van der Waals surface area contributed by atoms with Crippen LogP contribution in [0.5, 0.6) is 0 Å². The Labute approximate surface area is 132 Å². The van der Waals surface area contributed by atoms with Gasteiger partial charge in [0, 0.05) is 17.8 Å². The highest BCUT2D eigenvalue weighted by Gasteiger charge is 2.37. The van der Waals surface area contributed by atoms with E-state index in [0.29, 0.717) is 0 Å². The fraction of sp³-hybridized carbons (Fsp3) is 0.917. The van der Waals surface area contributed by atoms with E-state index >= 15 is 0 Å². The van der Waals surface area contributed by atoms with E-state index in [0.717, 1.165) is 31.7 Å². The number of likely N-dealkylation sites (N-methyl/N-ethyl adjacent to an activating group) is 1. The normalized spacial score (nSPS) is 29.7. The van der Waals surface area contributed by atoms with Crippen LogP contribution in [0.3, 0.4) is 0 Å². The van der Waals surface area contributed by atoms with E-state index in [1.807, 2.05) is 11.8 Å². The summed E-state index contributed by atoms with van der Waals surface area (Å²) in [5.41, 5.74) is 0.166. The average Bonchev–Trinajstić information content (AvgIpc) is 2.97. The first-order valence-corrected chi connectivity index (χ1v) is 7.56.